The van der Waals surface area contributed by atoms with Crippen LogP contribution in [0.2, 0.25) is 0 Å². The summed E-state index contributed by atoms with van der Waals surface area (Å²) in [5.41, 5.74) is 3.40. The van der Waals surface area contributed by atoms with Crippen LogP contribution in [-0.2, 0) is 4.79 Å². The number of nitriles is 1. The number of carbonyl (C=O) groups excluding carboxylic acids is 1. The van der Waals surface area contributed by atoms with Gasteiger partial charge in [-0.05, 0) is 44.7 Å². The maximum absolute atomic E-state index is 12.2. The van der Waals surface area contributed by atoms with E-state index >= 15 is 0 Å². The number of likely N-dealkylation sites (tertiary alicyclic amines) is 1. The largest absolute Gasteiger partial charge is 0.493 e. The highest BCUT2D eigenvalue weighted by Gasteiger charge is 2.26. The Morgan fingerprint density at radius 1 is 1.27 bits per heavy atom. The summed E-state index contributed by atoms with van der Waals surface area (Å²) in [5.74, 6) is 0.237. The predicted octanol–water partition coefficient (Wildman–Crippen LogP) is 3.14. The zero-order valence-corrected chi connectivity index (χ0v) is 13.7. The minimum atomic E-state index is -0.593. The molecule has 0 N–H and O–H groups in total. The van der Waals surface area contributed by atoms with Crippen LogP contribution in [0.15, 0.2) is 12.1 Å². The number of hydrogen-bond acceptors (Lipinski definition) is 3. The molecule has 1 aromatic rings. The fourth-order valence-corrected chi connectivity index (χ4v) is 3.07. The Morgan fingerprint density at radius 3 is 2.41 bits per heavy atom. The standard InChI is InChI=1S/C18H24N2O2/c1-13-10-14(2)17(15(3)11-13)22-9-6-16(12-19)18(21)20-7-4-5-8-20/h10-11,16H,4-9H2,1-3H3. The lowest BCUT2D eigenvalue weighted by Crippen LogP contribution is -2.33. The summed E-state index contributed by atoms with van der Waals surface area (Å²) >= 11 is 0. The predicted molar refractivity (Wildman–Crippen MR) is 85.7 cm³/mol. The molecule has 118 valence electrons. The van der Waals surface area contributed by atoms with E-state index in [1.165, 1.54) is 5.56 Å². The Bertz CT molecular complexity index is 560. The zero-order valence-electron chi connectivity index (χ0n) is 13.7. The summed E-state index contributed by atoms with van der Waals surface area (Å²) in [7, 11) is 0. The molecule has 0 bridgehead atoms. The fraction of sp³-hybridized carbons (Fsp3) is 0.556. The van der Waals surface area contributed by atoms with E-state index in [9.17, 15) is 10.1 Å². The van der Waals surface area contributed by atoms with Gasteiger partial charge < -0.3 is 9.64 Å². The van der Waals surface area contributed by atoms with Gasteiger partial charge in [0.05, 0.1) is 12.7 Å². The summed E-state index contributed by atoms with van der Waals surface area (Å²) in [6, 6.07) is 6.30. The minimum absolute atomic E-state index is 0.0408. The van der Waals surface area contributed by atoms with Crippen LogP contribution in [0, 0.1) is 38.0 Å². The molecule has 1 saturated heterocycles. The molecule has 22 heavy (non-hydrogen) atoms. The first-order valence-electron chi connectivity index (χ1n) is 7.92. The molecule has 1 fully saturated rings. The quantitative estimate of drug-likeness (QED) is 0.839. The van der Waals surface area contributed by atoms with Crippen LogP contribution in [0.1, 0.15) is 36.0 Å². The topological polar surface area (TPSA) is 53.3 Å². The van der Waals surface area contributed by atoms with Crippen molar-refractivity contribution in [2.45, 2.75) is 40.0 Å². The minimum Gasteiger partial charge on any atom is -0.493 e. The van der Waals surface area contributed by atoms with Crippen molar-refractivity contribution in [2.24, 2.45) is 5.92 Å². The molecule has 1 aromatic carbocycles. The average Bonchev–Trinajstić information content (AvgIpc) is 2.99. The van der Waals surface area contributed by atoms with E-state index in [0.29, 0.717) is 13.0 Å². The highest BCUT2D eigenvalue weighted by molar-refractivity contribution is 5.81. The van der Waals surface area contributed by atoms with Gasteiger partial charge in [0.2, 0.25) is 5.91 Å². The van der Waals surface area contributed by atoms with Crippen LogP contribution >= 0.6 is 0 Å². The molecule has 1 atom stereocenters. The summed E-state index contributed by atoms with van der Waals surface area (Å²) in [4.78, 5) is 14.0. The van der Waals surface area contributed by atoms with Crippen LogP contribution in [0.5, 0.6) is 5.75 Å². The average molecular weight is 300 g/mol. The number of aryl methyl sites for hydroxylation is 3. The molecular formula is C18H24N2O2. The highest BCUT2D eigenvalue weighted by Crippen LogP contribution is 2.25. The molecule has 4 heteroatoms. The van der Waals surface area contributed by atoms with E-state index < -0.39 is 5.92 Å². The van der Waals surface area contributed by atoms with Crippen LogP contribution in [0.25, 0.3) is 0 Å². The first kappa shape index (κ1) is 16.4. The van der Waals surface area contributed by atoms with Gasteiger partial charge in [-0.2, -0.15) is 5.26 Å². The summed E-state index contributed by atoms with van der Waals surface area (Å²) in [6.45, 7) is 8.06. The molecular weight excluding hydrogens is 276 g/mol. The molecule has 1 unspecified atom stereocenters. The number of ether oxygens (including phenoxy) is 1. The monoisotopic (exact) mass is 300 g/mol. The summed E-state index contributed by atoms with van der Waals surface area (Å²) in [5, 5.41) is 9.25. The third kappa shape index (κ3) is 3.79. The molecule has 1 heterocycles. The number of rotatable bonds is 5. The first-order chi connectivity index (χ1) is 10.5. The Labute approximate surface area is 132 Å². The molecule has 0 spiro atoms. The molecule has 4 nitrogen and oxygen atoms in total. The van der Waals surface area contributed by atoms with Gasteiger partial charge in [-0.1, -0.05) is 17.7 Å². The molecule has 0 aromatic heterocycles. The van der Waals surface area contributed by atoms with Gasteiger partial charge in [0.15, 0.2) is 0 Å². The third-order valence-corrected chi connectivity index (χ3v) is 4.13. The molecule has 1 amide bonds. The summed E-state index contributed by atoms with van der Waals surface area (Å²) < 4.78 is 5.85. The Hall–Kier alpha value is -2.02. The Balaban J connectivity index is 1.92. The van der Waals surface area contributed by atoms with E-state index in [0.717, 1.165) is 42.8 Å². The van der Waals surface area contributed by atoms with Crippen molar-refractivity contribution in [3.63, 3.8) is 0 Å². The van der Waals surface area contributed by atoms with Gasteiger partial charge in [-0.3, -0.25) is 4.79 Å². The Morgan fingerprint density at radius 2 is 1.86 bits per heavy atom. The molecule has 1 aliphatic rings. The molecule has 0 saturated carbocycles. The first-order valence-corrected chi connectivity index (χ1v) is 7.92. The van der Waals surface area contributed by atoms with E-state index in [-0.39, 0.29) is 5.91 Å². The van der Waals surface area contributed by atoms with Crippen molar-refractivity contribution in [3.05, 3.63) is 28.8 Å². The van der Waals surface area contributed by atoms with Gasteiger partial charge in [0.25, 0.3) is 0 Å². The van der Waals surface area contributed by atoms with Crippen molar-refractivity contribution in [2.75, 3.05) is 19.7 Å². The van der Waals surface area contributed by atoms with Gasteiger partial charge in [-0.25, -0.2) is 0 Å². The van der Waals surface area contributed by atoms with Crippen LogP contribution in [0.4, 0.5) is 0 Å². The maximum atomic E-state index is 12.2. The maximum Gasteiger partial charge on any atom is 0.240 e. The van der Waals surface area contributed by atoms with Gasteiger partial charge >= 0.3 is 0 Å². The van der Waals surface area contributed by atoms with Gasteiger partial charge in [-0.15, -0.1) is 0 Å². The third-order valence-electron chi connectivity index (χ3n) is 4.13. The molecule has 0 radical (unpaired) electrons. The number of benzene rings is 1. The van der Waals surface area contributed by atoms with Crippen molar-refractivity contribution in [3.8, 4) is 11.8 Å². The highest BCUT2D eigenvalue weighted by atomic mass is 16.5. The summed E-state index contributed by atoms with van der Waals surface area (Å²) in [6.07, 6.45) is 2.53. The molecule has 2 rings (SSSR count). The Kier molecular flexibility index (Phi) is 5.43. The van der Waals surface area contributed by atoms with E-state index in [1.807, 2.05) is 13.8 Å². The lowest BCUT2D eigenvalue weighted by atomic mass is 10.1. The molecule has 0 aliphatic carbocycles. The normalized spacial score (nSPS) is 15.5. The van der Waals surface area contributed by atoms with Crippen LogP contribution in [-0.4, -0.2) is 30.5 Å². The second-order valence-electron chi connectivity index (χ2n) is 6.08. The lowest BCUT2D eigenvalue weighted by molar-refractivity contribution is -0.133. The van der Waals surface area contributed by atoms with Gasteiger partial charge in [0.1, 0.15) is 11.7 Å². The molecule has 1 aliphatic heterocycles. The van der Waals surface area contributed by atoms with E-state index in [2.05, 4.69) is 25.1 Å². The van der Waals surface area contributed by atoms with Crippen molar-refractivity contribution >= 4 is 5.91 Å². The zero-order chi connectivity index (χ0) is 16.1. The lowest BCUT2D eigenvalue weighted by Gasteiger charge is -2.19. The number of carbonyl (C=O) groups is 1. The number of amides is 1. The number of nitrogens with zero attached hydrogens (tertiary/aromatic N) is 2. The smallest absolute Gasteiger partial charge is 0.240 e. The second kappa shape index (κ2) is 7.31. The van der Waals surface area contributed by atoms with Gasteiger partial charge in [0, 0.05) is 19.5 Å². The van der Waals surface area contributed by atoms with Crippen molar-refractivity contribution < 1.29 is 9.53 Å². The van der Waals surface area contributed by atoms with Crippen LogP contribution in [0.3, 0.4) is 0 Å². The fourth-order valence-electron chi connectivity index (χ4n) is 3.07. The number of hydrogen-bond donors (Lipinski definition) is 0. The van der Waals surface area contributed by atoms with E-state index in [4.69, 9.17) is 4.74 Å². The van der Waals surface area contributed by atoms with E-state index in [1.54, 1.807) is 4.90 Å². The SMILES string of the molecule is Cc1cc(C)c(OCCC(C#N)C(=O)N2CCCC2)c(C)c1. The van der Waals surface area contributed by atoms with Crippen molar-refractivity contribution in [1.29, 1.82) is 5.26 Å². The van der Waals surface area contributed by atoms with Crippen molar-refractivity contribution in [1.82, 2.24) is 4.90 Å². The second-order valence-corrected chi connectivity index (χ2v) is 6.08. The van der Waals surface area contributed by atoms with Crippen LogP contribution < -0.4 is 4.74 Å².